The Morgan fingerprint density at radius 3 is 2.74 bits per heavy atom. The summed E-state index contributed by atoms with van der Waals surface area (Å²) in [6, 6.07) is 5.17. The molecule has 1 saturated carbocycles. The van der Waals surface area contributed by atoms with Crippen LogP contribution in [-0.2, 0) is 19.6 Å². The van der Waals surface area contributed by atoms with E-state index < -0.39 is 18.8 Å². The van der Waals surface area contributed by atoms with Crippen LogP contribution in [0.2, 0.25) is 0 Å². The van der Waals surface area contributed by atoms with Crippen molar-refractivity contribution in [3.8, 4) is 5.69 Å². The van der Waals surface area contributed by atoms with Gasteiger partial charge in [0.1, 0.15) is 11.5 Å². The summed E-state index contributed by atoms with van der Waals surface area (Å²) in [6.45, 7) is 0.448. The molecule has 0 unspecified atom stereocenters. The van der Waals surface area contributed by atoms with Crippen molar-refractivity contribution < 1.29 is 18.3 Å². The maximum absolute atomic E-state index is 13.5. The molecule has 1 N–H and O–H groups in total. The lowest BCUT2D eigenvalue weighted by molar-refractivity contribution is 0.145. The van der Waals surface area contributed by atoms with Gasteiger partial charge in [-0.25, -0.2) is 17.9 Å². The normalized spacial score (nSPS) is 14.3. The van der Waals surface area contributed by atoms with Crippen LogP contribution in [0.3, 0.4) is 0 Å². The predicted octanol–water partition coefficient (Wildman–Crippen LogP) is 3.64. The number of aliphatic hydroxyl groups excluding tert-OH is 1. The fraction of sp³-hybridized carbons (Fsp3) is 0.368. The van der Waals surface area contributed by atoms with Gasteiger partial charge in [0, 0.05) is 30.4 Å². The number of halogens is 3. The molecule has 27 heavy (non-hydrogen) atoms. The molecule has 0 saturated heterocycles. The topological polar surface area (TPSA) is 55.9 Å². The van der Waals surface area contributed by atoms with E-state index in [1.165, 1.54) is 41.8 Å². The SMILES string of the molecule is OCc1cc(F)ccc1-n1nc(C(F)F)cc1Cc1cnn(CC2CC2)c1. The molecule has 142 valence electrons. The molecule has 3 aromatic rings. The molecule has 1 aromatic carbocycles. The minimum atomic E-state index is -2.72. The summed E-state index contributed by atoms with van der Waals surface area (Å²) in [5.41, 5.74) is 1.71. The van der Waals surface area contributed by atoms with Crippen molar-refractivity contribution in [3.63, 3.8) is 0 Å². The molecule has 4 rings (SSSR count). The Hall–Kier alpha value is -2.61. The number of benzene rings is 1. The highest BCUT2D eigenvalue weighted by Gasteiger charge is 2.22. The molecule has 2 aromatic heterocycles. The Labute approximate surface area is 154 Å². The number of hydrogen-bond donors (Lipinski definition) is 1. The molecule has 1 aliphatic carbocycles. The number of aromatic nitrogens is 4. The smallest absolute Gasteiger partial charge is 0.282 e. The highest BCUT2D eigenvalue weighted by atomic mass is 19.3. The first-order chi connectivity index (χ1) is 13.0. The molecule has 1 fully saturated rings. The monoisotopic (exact) mass is 376 g/mol. The average Bonchev–Trinajstić information content (AvgIpc) is 3.18. The molecule has 5 nitrogen and oxygen atoms in total. The summed E-state index contributed by atoms with van der Waals surface area (Å²) in [7, 11) is 0. The summed E-state index contributed by atoms with van der Waals surface area (Å²) in [6.07, 6.45) is 3.70. The largest absolute Gasteiger partial charge is 0.392 e. The summed E-state index contributed by atoms with van der Waals surface area (Å²) in [5.74, 6) is 0.173. The molecule has 0 spiro atoms. The van der Waals surface area contributed by atoms with Crippen LogP contribution in [0.25, 0.3) is 5.69 Å². The van der Waals surface area contributed by atoms with Crippen LogP contribution in [-0.4, -0.2) is 24.7 Å². The van der Waals surface area contributed by atoms with Gasteiger partial charge in [-0.15, -0.1) is 0 Å². The van der Waals surface area contributed by atoms with Gasteiger partial charge in [0.15, 0.2) is 0 Å². The molecule has 0 radical (unpaired) electrons. The fourth-order valence-electron chi connectivity index (χ4n) is 3.14. The Balaban J connectivity index is 1.68. The van der Waals surface area contributed by atoms with E-state index in [1.54, 1.807) is 6.20 Å². The zero-order chi connectivity index (χ0) is 19.0. The van der Waals surface area contributed by atoms with E-state index in [4.69, 9.17) is 0 Å². The van der Waals surface area contributed by atoms with Crippen molar-refractivity contribution in [3.05, 3.63) is 65.0 Å². The number of hydrogen-bond acceptors (Lipinski definition) is 3. The van der Waals surface area contributed by atoms with Gasteiger partial charge in [-0.2, -0.15) is 10.2 Å². The Morgan fingerprint density at radius 2 is 2.04 bits per heavy atom. The van der Waals surface area contributed by atoms with Gasteiger partial charge in [0.25, 0.3) is 6.43 Å². The van der Waals surface area contributed by atoms with E-state index in [2.05, 4.69) is 10.2 Å². The van der Waals surface area contributed by atoms with E-state index >= 15 is 0 Å². The Bertz CT molecular complexity index is 946. The van der Waals surface area contributed by atoms with Crippen LogP contribution in [0.4, 0.5) is 13.2 Å². The molecule has 1 aliphatic rings. The molecule has 0 amide bonds. The van der Waals surface area contributed by atoms with E-state index in [0.29, 0.717) is 23.7 Å². The second-order valence-electron chi connectivity index (χ2n) is 6.89. The zero-order valence-electron chi connectivity index (χ0n) is 14.5. The van der Waals surface area contributed by atoms with E-state index in [0.717, 1.165) is 12.1 Å². The van der Waals surface area contributed by atoms with Gasteiger partial charge in [-0.05, 0) is 48.6 Å². The molecule has 2 heterocycles. The molecule has 8 heteroatoms. The molecular weight excluding hydrogens is 357 g/mol. The first-order valence-corrected chi connectivity index (χ1v) is 8.81. The van der Waals surface area contributed by atoms with E-state index in [9.17, 15) is 18.3 Å². The molecule has 0 aliphatic heterocycles. The molecule has 0 bridgehead atoms. The minimum Gasteiger partial charge on any atom is -0.392 e. The van der Waals surface area contributed by atoms with Crippen molar-refractivity contribution in [2.24, 2.45) is 5.92 Å². The van der Waals surface area contributed by atoms with E-state index in [1.807, 2.05) is 10.9 Å². The fourth-order valence-corrected chi connectivity index (χ4v) is 3.14. The van der Waals surface area contributed by atoms with Crippen molar-refractivity contribution in [1.82, 2.24) is 19.6 Å². The number of rotatable bonds is 7. The molecular formula is C19H19F3N4O. The zero-order valence-corrected chi connectivity index (χ0v) is 14.5. The second kappa shape index (κ2) is 7.19. The van der Waals surface area contributed by atoms with Crippen LogP contribution in [0.1, 0.15) is 41.8 Å². The minimum absolute atomic E-state index is 0.282. The summed E-state index contributed by atoms with van der Waals surface area (Å²) < 4.78 is 43.1. The van der Waals surface area contributed by atoms with Gasteiger partial charge in [-0.1, -0.05) is 0 Å². The number of aliphatic hydroxyl groups is 1. The van der Waals surface area contributed by atoms with Crippen LogP contribution < -0.4 is 0 Å². The lowest BCUT2D eigenvalue weighted by atomic mass is 10.1. The summed E-state index contributed by atoms with van der Waals surface area (Å²) in [4.78, 5) is 0. The van der Waals surface area contributed by atoms with Crippen LogP contribution in [0.5, 0.6) is 0 Å². The lowest BCUT2D eigenvalue weighted by Gasteiger charge is -2.11. The lowest BCUT2D eigenvalue weighted by Crippen LogP contribution is -2.07. The number of nitrogens with zero attached hydrogens (tertiary/aromatic N) is 4. The summed E-state index contributed by atoms with van der Waals surface area (Å²) >= 11 is 0. The van der Waals surface area contributed by atoms with E-state index in [-0.39, 0.29) is 11.3 Å². The maximum atomic E-state index is 13.5. The van der Waals surface area contributed by atoms with Crippen molar-refractivity contribution in [2.75, 3.05) is 0 Å². The standard InChI is InChI=1S/C19H19F3N4O/c20-15-3-4-18(14(6-15)11-27)26-16(7-17(24-26)19(21)22)5-13-8-23-25(10-13)9-12-1-2-12/h3-4,6-8,10,12,19,27H,1-2,5,9,11H2. The van der Waals surface area contributed by atoms with Gasteiger partial charge >= 0.3 is 0 Å². The Kier molecular flexibility index (Phi) is 4.73. The van der Waals surface area contributed by atoms with Crippen LogP contribution in [0.15, 0.2) is 36.7 Å². The quantitative estimate of drug-likeness (QED) is 0.685. The van der Waals surface area contributed by atoms with Crippen molar-refractivity contribution >= 4 is 0 Å². The van der Waals surface area contributed by atoms with Crippen molar-refractivity contribution in [1.29, 1.82) is 0 Å². The van der Waals surface area contributed by atoms with Gasteiger partial charge in [-0.3, -0.25) is 4.68 Å². The third kappa shape index (κ3) is 3.90. The maximum Gasteiger partial charge on any atom is 0.282 e. The van der Waals surface area contributed by atoms with Gasteiger partial charge < -0.3 is 5.11 Å². The first-order valence-electron chi connectivity index (χ1n) is 8.81. The third-order valence-electron chi connectivity index (χ3n) is 4.68. The second-order valence-corrected chi connectivity index (χ2v) is 6.89. The van der Waals surface area contributed by atoms with Gasteiger partial charge in [0.05, 0.1) is 18.5 Å². The van der Waals surface area contributed by atoms with Gasteiger partial charge in [0.2, 0.25) is 0 Å². The van der Waals surface area contributed by atoms with Crippen molar-refractivity contribution in [2.45, 2.75) is 38.8 Å². The third-order valence-corrected chi connectivity index (χ3v) is 4.68. The Morgan fingerprint density at radius 1 is 1.22 bits per heavy atom. The average molecular weight is 376 g/mol. The molecule has 0 atom stereocenters. The predicted molar refractivity (Wildman–Crippen MR) is 92.2 cm³/mol. The first kappa shape index (κ1) is 17.8. The highest BCUT2D eigenvalue weighted by molar-refractivity contribution is 5.43. The van der Waals surface area contributed by atoms with Crippen LogP contribution >= 0.6 is 0 Å². The van der Waals surface area contributed by atoms with Crippen LogP contribution in [0, 0.1) is 11.7 Å². The number of alkyl halides is 2. The summed E-state index contributed by atoms with van der Waals surface area (Å²) in [5, 5.41) is 17.8. The highest BCUT2D eigenvalue weighted by Crippen LogP contribution is 2.30.